The van der Waals surface area contributed by atoms with Crippen LogP contribution in [0.1, 0.15) is 20.8 Å². The van der Waals surface area contributed by atoms with Gasteiger partial charge in [0.2, 0.25) is 0 Å². The molecular weight excluding hydrogens is 254 g/mol. The first kappa shape index (κ1) is 15.2. The minimum atomic E-state index is -1.02. The van der Waals surface area contributed by atoms with E-state index in [2.05, 4.69) is 4.74 Å². The lowest BCUT2D eigenvalue weighted by Crippen LogP contribution is -2.63. The molecule has 2 amide bonds. The largest absolute Gasteiger partial charge is 0.467 e. The van der Waals surface area contributed by atoms with Crippen LogP contribution in [0, 0.1) is 0 Å². The molecule has 2 N–H and O–H groups in total. The van der Waals surface area contributed by atoms with Crippen LogP contribution in [-0.2, 0) is 19.1 Å². The van der Waals surface area contributed by atoms with Crippen LogP contribution in [0.2, 0.25) is 0 Å². The summed E-state index contributed by atoms with van der Waals surface area (Å²) in [5.74, 6) is 4.27. The van der Waals surface area contributed by atoms with E-state index in [9.17, 15) is 14.4 Å². The predicted octanol–water partition coefficient (Wildman–Crippen LogP) is -0.519. The van der Waals surface area contributed by atoms with Gasteiger partial charge in [0.15, 0.2) is 6.04 Å². The zero-order valence-corrected chi connectivity index (χ0v) is 11.5. The Morgan fingerprint density at radius 1 is 1.37 bits per heavy atom. The Morgan fingerprint density at radius 3 is 2.42 bits per heavy atom. The number of hydrazine groups is 1. The summed E-state index contributed by atoms with van der Waals surface area (Å²) in [7, 11) is 1.19. The maximum absolute atomic E-state index is 11.9. The van der Waals surface area contributed by atoms with Crippen LogP contribution in [0.4, 0.5) is 4.79 Å². The first-order valence-electron chi connectivity index (χ1n) is 5.78. The van der Waals surface area contributed by atoms with Crippen molar-refractivity contribution in [3.05, 3.63) is 0 Å². The molecule has 1 aliphatic rings. The number of nitrogens with two attached hydrogens (primary N) is 1. The van der Waals surface area contributed by atoms with Gasteiger partial charge in [0.25, 0.3) is 5.91 Å². The Labute approximate surface area is 111 Å². The quantitative estimate of drug-likeness (QED) is 0.392. The van der Waals surface area contributed by atoms with E-state index in [0.717, 1.165) is 9.91 Å². The first-order valence-corrected chi connectivity index (χ1v) is 5.78. The second-order valence-corrected chi connectivity index (χ2v) is 5.20. The van der Waals surface area contributed by atoms with Crippen LogP contribution in [0.15, 0.2) is 0 Å². The van der Waals surface area contributed by atoms with Gasteiger partial charge in [0.1, 0.15) is 12.1 Å². The first-order chi connectivity index (χ1) is 8.65. The molecule has 0 aromatic heterocycles. The number of piperazine rings is 1. The summed E-state index contributed by atoms with van der Waals surface area (Å²) in [6.07, 6.45) is -0.664. The Balaban J connectivity index is 2.79. The van der Waals surface area contributed by atoms with Gasteiger partial charge in [-0.05, 0) is 20.8 Å². The van der Waals surface area contributed by atoms with Crippen molar-refractivity contribution in [1.82, 2.24) is 9.91 Å². The van der Waals surface area contributed by atoms with E-state index in [1.54, 1.807) is 20.8 Å². The third kappa shape index (κ3) is 3.82. The molecule has 0 bridgehead atoms. The number of hydrogen-bond acceptors (Lipinski definition) is 6. The van der Waals surface area contributed by atoms with Crippen LogP contribution in [0.5, 0.6) is 0 Å². The van der Waals surface area contributed by atoms with Gasteiger partial charge >= 0.3 is 12.1 Å². The average molecular weight is 273 g/mol. The average Bonchev–Trinajstić information content (AvgIpc) is 2.29. The number of rotatable bonds is 1. The summed E-state index contributed by atoms with van der Waals surface area (Å²) in [6, 6.07) is -1.02. The lowest BCUT2D eigenvalue weighted by atomic mass is 10.2. The molecule has 0 spiro atoms. The Bertz CT molecular complexity index is 390. The number of nitrogens with zero attached hydrogens (tertiary/aromatic N) is 2. The molecule has 1 atom stereocenters. The summed E-state index contributed by atoms with van der Waals surface area (Å²) >= 11 is 0. The fraction of sp³-hybridized carbons (Fsp3) is 0.727. The monoisotopic (exact) mass is 273 g/mol. The van der Waals surface area contributed by atoms with Gasteiger partial charge in [-0.1, -0.05) is 0 Å². The van der Waals surface area contributed by atoms with Crippen LogP contribution < -0.4 is 5.84 Å². The number of ether oxygens (including phenoxy) is 2. The van der Waals surface area contributed by atoms with Crippen molar-refractivity contribution < 1.29 is 23.9 Å². The molecule has 0 saturated carbocycles. The third-order valence-electron chi connectivity index (χ3n) is 2.47. The molecule has 1 heterocycles. The second kappa shape index (κ2) is 5.43. The number of amides is 2. The molecule has 1 aliphatic heterocycles. The molecule has 8 heteroatoms. The van der Waals surface area contributed by atoms with E-state index in [4.69, 9.17) is 10.6 Å². The SMILES string of the molecule is COC(=O)C1CN(C(=O)OC(C)(C)C)CC(=O)N1N. The Kier molecular flexibility index (Phi) is 4.35. The van der Waals surface area contributed by atoms with Crippen molar-refractivity contribution in [2.45, 2.75) is 32.4 Å². The smallest absolute Gasteiger partial charge is 0.410 e. The number of carbonyl (C=O) groups excluding carboxylic acids is 3. The van der Waals surface area contributed by atoms with Crippen LogP contribution >= 0.6 is 0 Å². The normalized spacial score (nSPS) is 20.3. The molecule has 8 nitrogen and oxygen atoms in total. The van der Waals surface area contributed by atoms with Gasteiger partial charge in [-0.25, -0.2) is 15.4 Å². The molecule has 1 rings (SSSR count). The summed E-state index contributed by atoms with van der Waals surface area (Å²) in [5.41, 5.74) is -0.680. The highest BCUT2D eigenvalue weighted by molar-refractivity contribution is 5.89. The van der Waals surface area contributed by atoms with E-state index < -0.39 is 29.6 Å². The van der Waals surface area contributed by atoms with Gasteiger partial charge in [-0.15, -0.1) is 0 Å². The van der Waals surface area contributed by atoms with E-state index in [0.29, 0.717) is 0 Å². The standard InChI is InChI=1S/C11H19N3O5/c1-11(2,3)19-10(17)13-5-7(9(16)18-4)14(12)8(15)6-13/h7H,5-6,12H2,1-4H3. The fourth-order valence-electron chi connectivity index (χ4n) is 1.57. The van der Waals surface area contributed by atoms with E-state index in [-0.39, 0.29) is 13.1 Å². The molecule has 0 aromatic rings. The summed E-state index contributed by atoms with van der Waals surface area (Å²) in [5, 5.41) is 0.784. The Hall–Kier alpha value is -1.83. The molecule has 0 radical (unpaired) electrons. The predicted molar refractivity (Wildman–Crippen MR) is 64.6 cm³/mol. The third-order valence-corrected chi connectivity index (χ3v) is 2.47. The van der Waals surface area contributed by atoms with Crippen molar-refractivity contribution >= 4 is 18.0 Å². The lowest BCUT2D eigenvalue weighted by Gasteiger charge is -2.37. The molecule has 108 valence electrons. The molecule has 19 heavy (non-hydrogen) atoms. The fourth-order valence-corrected chi connectivity index (χ4v) is 1.57. The van der Waals surface area contributed by atoms with Gasteiger partial charge < -0.3 is 9.47 Å². The van der Waals surface area contributed by atoms with E-state index >= 15 is 0 Å². The number of carbonyl (C=O) groups is 3. The van der Waals surface area contributed by atoms with Crippen molar-refractivity contribution in [2.24, 2.45) is 5.84 Å². The topological polar surface area (TPSA) is 102 Å². The number of hydrogen-bond donors (Lipinski definition) is 1. The zero-order chi connectivity index (χ0) is 14.8. The van der Waals surface area contributed by atoms with Crippen LogP contribution in [0.25, 0.3) is 0 Å². The lowest BCUT2D eigenvalue weighted by molar-refractivity contribution is -0.158. The molecule has 0 aliphatic carbocycles. The van der Waals surface area contributed by atoms with Crippen molar-refractivity contribution in [3.63, 3.8) is 0 Å². The van der Waals surface area contributed by atoms with Gasteiger partial charge in [0, 0.05) is 0 Å². The number of methoxy groups -OCH3 is 1. The summed E-state index contributed by atoms with van der Waals surface area (Å²) < 4.78 is 9.69. The highest BCUT2D eigenvalue weighted by Gasteiger charge is 2.39. The highest BCUT2D eigenvalue weighted by Crippen LogP contribution is 2.14. The molecule has 0 aromatic carbocycles. The molecule has 1 fully saturated rings. The van der Waals surface area contributed by atoms with Gasteiger partial charge in [-0.2, -0.15) is 0 Å². The van der Waals surface area contributed by atoms with E-state index in [1.807, 2.05) is 0 Å². The molecule has 1 saturated heterocycles. The number of esters is 1. The van der Waals surface area contributed by atoms with Crippen LogP contribution in [-0.4, -0.2) is 59.7 Å². The Morgan fingerprint density at radius 2 is 1.95 bits per heavy atom. The minimum absolute atomic E-state index is 0.0518. The van der Waals surface area contributed by atoms with Crippen LogP contribution in [0.3, 0.4) is 0 Å². The summed E-state index contributed by atoms with van der Waals surface area (Å²) in [6.45, 7) is 4.86. The van der Waals surface area contributed by atoms with Gasteiger partial charge in [-0.3, -0.25) is 14.7 Å². The van der Waals surface area contributed by atoms with Crippen molar-refractivity contribution in [2.75, 3.05) is 20.2 Å². The zero-order valence-electron chi connectivity index (χ0n) is 11.5. The van der Waals surface area contributed by atoms with Crippen molar-refractivity contribution in [1.29, 1.82) is 0 Å². The second-order valence-electron chi connectivity index (χ2n) is 5.20. The molecular formula is C11H19N3O5. The summed E-state index contributed by atoms with van der Waals surface area (Å²) in [4.78, 5) is 36.2. The van der Waals surface area contributed by atoms with E-state index in [1.165, 1.54) is 7.11 Å². The minimum Gasteiger partial charge on any atom is -0.467 e. The molecule has 1 unspecified atom stereocenters. The highest BCUT2D eigenvalue weighted by atomic mass is 16.6. The maximum atomic E-state index is 11.9. The maximum Gasteiger partial charge on any atom is 0.410 e. The van der Waals surface area contributed by atoms with Gasteiger partial charge in [0.05, 0.1) is 13.7 Å². The van der Waals surface area contributed by atoms with Crippen molar-refractivity contribution in [3.8, 4) is 0 Å².